The quantitative estimate of drug-likeness (QED) is 0.300. The molecule has 1 aliphatic heterocycles. The summed E-state index contributed by atoms with van der Waals surface area (Å²) < 4.78 is 43.0. The summed E-state index contributed by atoms with van der Waals surface area (Å²) in [5.41, 5.74) is 2.18. The lowest BCUT2D eigenvalue weighted by Crippen LogP contribution is -2.34. The molecule has 0 unspecified atom stereocenters. The molecule has 12 heteroatoms. The standard InChI is InChI=1S/C26H20F3N7O2/c1-35-15-19(14-32-35)33-25-30-12-17(13-31-25)6-5-16-3-2-4-18(11-16)34-26(37)36-22(9-10-38-36)20-7-8-21(27)24(29)23(20)28/h2-4,7-8,11-15,22H,9-10H2,1H3,(H,34,37)(H,30,31,33)/t22-/m0/s1. The maximum absolute atomic E-state index is 14.3. The van der Waals surface area contributed by atoms with E-state index in [0.29, 0.717) is 22.8 Å². The first kappa shape index (κ1) is 24.8. The molecule has 2 N–H and O–H groups in total. The van der Waals surface area contributed by atoms with Crippen molar-refractivity contribution in [3.63, 3.8) is 0 Å². The number of amides is 2. The average molecular weight is 519 g/mol. The number of carbonyl (C=O) groups is 1. The van der Waals surface area contributed by atoms with Gasteiger partial charge in [-0.25, -0.2) is 27.9 Å². The molecule has 0 bridgehead atoms. The summed E-state index contributed by atoms with van der Waals surface area (Å²) >= 11 is 0. The molecule has 1 fully saturated rings. The van der Waals surface area contributed by atoms with Gasteiger partial charge in [0.25, 0.3) is 0 Å². The van der Waals surface area contributed by atoms with Crippen LogP contribution < -0.4 is 10.6 Å². The molecule has 2 aromatic carbocycles. The zero-order chi connectivity index (χ0) is 26.6. The van der Waals surface area contributed by atoms with E-state index in [2.05, 4.69) is 37.5 Å². The fourth-order valence-electron chi connectivity index (χ4n) is 3.82. The summed E-state index contributed by atoms with van der Waals surface area (Å²) in [6.07, 6.45) is 6.82. The van der Waals surface area contributed by atoms with Crippen LogP contribution in [0.1, 0.15) is 29.2 Å². The maximum Gasteiger partial charge on any atom is 0.346 e. The van der Waals surface area contributed by atoms with E-state index in [0.717, 1.165) is 22.9 Å². The van der Waals surface area contributed by atoms with Crippen LogP contribution in [-0.2, 0) is 11.9 Å². The number of urea groups is 1. The van der Waals surface area contributed by atoms with Crippen LogP contribution in [-0.4, -0.2) is 37.4 Å². The van der Waals surface area contributed by atoms with E-state index in [1.54, 1.807) is 60.8 Å². The van der Waals surface area contributed by atoms with Crippen molar-refractivity contribution in [1.82, 2.24) is 24.8 Å². The number of benzene rings is 2. The average Bonchev–Trinajstić information content (AvgIpc) is 3.56. The Morgan fingerprint density at radius 1 is 1.03 bits per heavy atom. The molecule has 3 heterocycles. The van der Waals surface area contributed by atoms with E-state index in [9.17, 15) is 18.0 Å². The number of aryl methyl sites for hydroxylation is 1. The maximum atomic E-state index is 14.3. The molecule has 1 aliphatic rings. The topological polar surface area (TPSA) is 97.2 Å². The lowest BCUT2D eigenvalue weighted by molar-refractivity contribution is -0.0835. The zero-order valence-electron chi connectivity index (χ0n) is 20.0. The van der Waals surface area contributed by atoms with Crippen LogP contribution in [0.4, 0.5) is 35.3 Å². The van der Waals surface area contributed by atoms with Crippen LogP contribution >= 0.6 is 0 Å². The molecule has 0 radical (unpaired) electrons. The second-order valence-electron chi connectivity index (χ2n) is 8.31. The third-order valence-electron chi connectivity index (χ3n) is 5.61. The Labute approximate surface area is 215 Å². The molecule has 9 nitrogen and oxygen atoms in total. The van der Waals surface area contributed by atoms with Crippen LogP contribution in [0.25, 0.3) is 0 Å². The van der Waals surface area contributed by atoms with Gasteiger partial charge in [-0.15, -0.1) is 0 Å². The number of hydrogen-bond acceptors (Lipinski definition) is 6. The predicted octanol–water partition coefficient (Wildman–Crippen LogP) is 4.68. The Morgan fingerprint density at radius 3 is 2.58 bits per heavy atom. The molecule has 192 valence electrons. The molecule has 0 saturated carbocycles. The van der Waals surface area contributed by atoms with E-state index in [1.165, 1.54) is 0 Å². The van der Waals surface area contributed by atoms with Crippen molar-refractivity contribution in [2.75, 3.05) is 17.2 Å². The van der Waals surface area contributed by atoms with Gasteiger partial charge in [-0.3, -0.25) is 9.52 Å². The minimum Gasteiger partial charge on any atom is -0.321 e. The summed E-state index contributed by atoms with van der Waals surface area (Å²) in [4.78, 5) is 26.7. The lowest BCUT2D eigenvalue weighted by atomic mass is 10.0. The second kappa shape index (κ2) is 10.6. The van der Waals surface area contributed by atoms with Crippen molar-refractivity contribution < 1.29 is 22.8 Å². The largest absolute Gasteiger partial charge is 0.346 e. The summed E-state index contributed by atoms with van der Waals surface area (Å²) in [6.45, 7) is 0.112. The molecule has 2 aromatic heterocycles. The predicted molar refractivity (Wildman–Crippen MR) is 131 cm³/mol. The van der Waals surface area contributed by atoms with Crippen LogP contribution in [0, 0.1) is 29.3 Å². The van der Waals surface area contributed by atoms with E-state index < -0.39 is 29.5 Å². The molecule has 1 atom stereocenters. The van der Waals surface area contributed by atoms with Gasteiger partial charge in [0, 0.05) is 48.9 Å². The Balaban J connectivity index is 1.25. The smallest absolute Gasteiger partial charge is 0.321 e. The van der Waals surface area contributed by atoms with Gasteiger partial charge in [-0.1, -0.05) is 24.0 Å². The van der Waals surface area contributed by atoms with Gasteiger partial charge < -0.3 is 10.6 Å². The van der Waals surface area contributed by atoms with Crippen LogP contribution in [0.2, 0.25) is 0 Å². The van der Waals surface area contributed by atoms with Gasteiger partial charge in [-0.05, 0) is 24.3 Å². The first-order valence-electron chi connectivity index (χ1n) is 11.4. The molecular weight excluding hydrogens is 499 g/mol. The van der Waals surface area contributed by atoms with Gasteiger partial charge in [0.05, 0.1) is 30.1 Å². The van der Waals surface area contributed by atoms with E-state index in [-0.39, 0.29) is 18.6 Å². The number of aromatic nitrogens is 4. The molecule has 2 amide bonds. The summed E-state index contributed by atoms with van der Waals surface area (Å²) in [7, 11) is 1.80. The second-order valence-corrected chi connectivity index (χ2v) is 8.31. The van der Waals surface area contributed by atoms with Crippen LogP contribution in [0.15, 0.2) is 61.2 Å². The van der Waals surface area contributed by atoms with E-state index in [4.69, 9.17) is 4.84 Å². The molecule has 38 heavy (non-hydrogen) atoms. The number of anilines is 3. The zero-order valence-corrected chi connectivity index (χ0v) is 20.0. The van der Waals surface area contributed by atoms with Crippen molar-refractivity contribution in [1.29, 1.82) is 0 Å². The summed E-state index contributed by atoms with van der Waals surface area (Å²) in [5.74, 6) is 2.11. The normalized spacial score (nSPS) is 14.6. The van der Waals surface area contributed by atoms with E-state index in [1.807, 2.05) is 0 Å². The summed E-state index contributed by atoms with van der Waals surface area (Å²) in [5, 5.41) is 10.7. The monoisotopic (exact) mass is 519 g/mol. The van der Waals surface area contributed by atoms with E-state index >= 15 is 0 Å². The Morgan fingerprint density at radius 2 is 1.82 bits per heavy atom. The fourth-order valence-corrected chi connectivity index (χ4v) is 3.82. The molecule has 0 spiro atoms. The van der Waals surface area contributed by atoms with Crippen LogP contribution in [0.3, 0.4) is 0 Å². The fraction of sp³-hybridized carbons (Fsp3) is 0.154. The molecular formula is C26H20F3N7O2. The first-order valence-corrected chi connectivity index (χ1v) is 11.4. The van der Waals surface area contributed by atoms with Crippen molar-refractivity contribution in [2.45, 2.75) is 12.5 Å². The number of carbonyl (C=O) groups excluding carboxylic acids is 1. The number of rotatable bonds is 4. The van der Waals surface area contributed by atoms with Crippen molar-refractivity contribution >= 4 is 23.4 Å². The lowest BCUT2D eigenvalue weighted by Gasteiger charge is -2.23. The van der Waals surface area contributed by atoms with Crippen molar-refractivity contribution in [2.24, 2.45) is 7.05 Å². The number of hydroxylamine groups is 2. The highest BCUT2D eigenvalue weighted by atomic mass is 19.2. The molecule has 4 aromatic rings. The Kier molecular flexibility index (Phi) is 6.92. The minimum atomic E-state index is -1.59. The highest BCUT2D eigenvalue weighted by Gasteiger charge is 2.35. The Hall–Kier alpha value is -4.89. The highest BCUT2D eigenvalue weighted by Crippen LogP contribution is 2.33. The number of nitrogens with zero attached hydrogens (tertiary/aromatic N) is 5. The van der Waals surface area contributed by atoms with Gasteiger partial charge in [0.15, 0.2) is 17.5 Å². The SMILES string of the molecule is Cn1cc(Nc2ncc(C#Cc3cccc(NC(=O)N4OCC[C@H]4c4ccc(F)c(F)c4F)c3)cn2)cn1. The number of hydrogen-bond donors (Lipinski definition) is 2. The van der Waals surface area contributed by atoms with Gasteiger partial charge in [0.2, 0.25) is 5.95 Å². The Bertz CT molecular complexity index is 1550. The third kappa shape index (κ3) is 5.42. The molecule has 1 saturated heterocycles. The van der Waals surface area contributed by atoms with Crippen LogP contribution in [0.5, 0.6) is 0 Å². The first-order chi connectivity index (χ1) is 18.4. The molecule has 5 rings (SSSR count). The minimum absolute atomic E-state index is 0.112. The highest BCUT2D eigenvalue weighted by molar-refractivity contribution is 5.89. The van der Waals surface area contributed by atoms with Crippen molar-refractivity contribution in [3.05, 3.63) is 95.3 Å². The number of nitrogens with one attached hydrogen (secondary N) is 2. The third-order valence-corrected chi connectivity index (χ3v) is 5.61. The summed E-state index contributed by atoms with van der Waals surface area (Å²) in [6, 6.07) is 7.08. The van der Waals surface area contributed by atoms with Gasteiger partial charge in [0.1, 0.15) is 0 Å². The van der Waals surface area contributed by atoms with Gasteiger partial charge >= 0.3 is 6.03 Å². The number of halogens is 3. The van der Waals surface area contributed by atoms with Crippen molar-refractivity contribution in [3.8, 4) is 11.8 Å². The van der Waals surface area contributed by atoms with Gasteiger partial charge in [-0.2, -0.15) is 10.2 Å². The molecule has 0 aliphatic carbocycles.